The quantitative estimate of drug-likeness (QED) is 0.265. The van der Waals surface area contributed by atoms with E-state index in [2.05, 4.69) is 18.3 Å². The van der Waals surface area contributed by atoms with Crippen LogP contribution in [-0.2, 0) is 9.59 Å². The molecule has 36 heavy (non-hydrogen) atoms. The van der Waals surface area contributed by atoms with Gasteiger partial charge in [-0.2, -0.15) is 0 Å². The number of methoxy groups -OCH3 is 1. The molecule has 3 rings (SSSR count). The van der Waals surface area contributed by atoms with E-state index in [-0.39, 0.29) is 23.7 Å². The molecule has 1 atom stereocenters. The molecule has 1 aromatic carbocycles. The molecule has 0 heterocycles. The van der Waals surface area contributed by atoms with Gasteiger partial charge >= 0.3 is 0 Å². The van der Waals surface area contributed by atoms with Crippen LogP contribution in [0, 0.1) is 5.92 Å². The fraction of sp³-hybridized carbons (Fsp3) is 0.655. The SMILES string of the molecule is CCCOc1ccc([C@@H](C(=O)NC2CCC(C)CC2)N(CCC2=CCCCC2)C(=O)CCl)cc1OC. The average molecular weight is 519 g/mol. The van der Waals surface area contributed by atoms with Gasteiger partial charge in [0.1, 0.15) is 11.9 Å². The molecule has 0 radical (unpaired) electrons. The highest BCUT2D eigenvalue weighted by atomic mass is 35.5. The van der Waals surface area contributed by atoms with Crippen LogP contribution < -0.4 is 14.8 Å². The van der Waals surface area contributed by atoms with E-state index in [1.54, 1.807) is 12.0 Å². The van der Waals surface area contributed by atoms with Gasteiger partial charge in [-0.15, -0.1) is 11.6 Å². The molecule has 2 amide bonds. The van der Waals surface area contributed by atoms with Crippen molar-refractivity contribution in [2.45, 2.75) is 90.1 Å². The van der Waals surface area contributed by atoms with Crippen LogP contribution in [0.15, 0.2) is 29.8 Å². The predicted molar refractivity (Wildman–Crippen MR) is 145 cm³/mol. The molecule has 0 aromatic heterocycles. The normalized spacial score (nSPS) is 20.7. The van der Waals surface area contributed by atoms with Crippen LogP contribution >= 0.6 is 11.6 Å². The van der Waals surface area contributed by atoms with Crippen molar-refractivity contribution in [2.24, 2.45) is 5.92 Å². The number of allylic oxidation sites excluding steroid dienone is 1. The van der Waals surface area contributed by atoms with Gasteiger partial charge in [0.25, 0.3) is 0 Å². The maximum absolute atomic E-state index is 13.8. The summed E-state index contributed by atoms with van der Waals surface area (Å²) in [4.78, 5) is 28.6. The molecule has 1 aromatic rings. The molecule has 1 N–H and O–H groups in total. The van der Waals surface area contributed by atoms with Crippen molar-refractivity contribution >= 4 is 23.4 Å². The number of hydrogen-bond donors (Lipinski definition) is 1. The molecule has 0 spiro atoms. The Hall–Kier alpha value is -2.21. The molecule has 0 bridgehead atoms. The molecule has 2 aliphatic carbocycles. The van der Waals surface area contributed by atoms with E-state index in [1.165, 1.54) is 18.4 Å². The first kappa shape index (κ1) is 28.4. The van der Waals surface area contributed by atoms with Gasteiger partial charge < -0.3 is 19.7 Å². The first-order chi connectivity index (χ1) is 17.5. The third kappa shape index (κ3) is 7.89. The molecular weight excluding hydrogens is 476 g/mol. The van der Waals surface area contributed by atoms with Crippen LogP contribution in [-0.4, -0.2) is 48.9 Å². The highest BCUT2D eigenvalue weighted by Crippen LogP contribution is 2.34. The molecule has 1 saturated carbocycles. The van der Waals surface area contributed by atoms with Crippen LogP contribution in [0.5, 0.6) is 11.5 Å². The van der Waals surface area contributed by atoms with Crippen LogP contribution in [0.1, 0.15) is 89.7 Å². The number of carbonyl (C=O) groups is 2. The fourth-order valence-electron chi connectivity index (χ4n) is 5.21. The Bertz CT molecular complexity index is 895. The van der Waals surface area contributed by atoms with Crippen LogP contribution in [0.25, 0.3) is 0 Å². The number of nitrogens with one attached hydrogen (secondary N) is 1. The standard InChI is InChI=1S/C29H43ClN2O4/c1-4-18-36-25-15-12-23(19-26(25)35-3)28(29(34)31-24-13-10-21(2)11-14-24)32(27(33)20-30)17-16-22-8-6-5-7-9-22/h8,12,15,19,21,24,28H,4-7,9-11,13-14,16-18,20H2,1-3H3,(H,31,34)/t21?,24?,28-/m0/s1. The summed E-state index contributed by atoms with van der Waals surface area (Å²) in [6.07, 6.45) is 12.6. The third-order valence-corrected chi connectivity index (χ3v) is 7.61. The zero-order valence-electron chi connectivity index (χ0n) is 22.2. The number of amides is 2. The Labute approximate surface area is 221 Å². The van der Waals surface area contributed by atoms with Crippen molar-refractivity contribution in [3.8, 4) is 11.5 Å². The summed E-state index contributed by atoms with van der Waals surface area (Å²) in [6.45, 7) is 5.33. The largest absolute Gasteiger partial charge is 0.493 e. The van der Waals surface area contributed by atoms with Crippen LogP contribution in [0.3, 0.4) is 0 Å². The summed E-state index contributed by atoms with van der Waals surface area (Å²) in [5.74, 6) is 1.31. The van der Waals surface area contributed by atoms with Gasteiger partial charge in [-0.25, -0.2) is 0 Å². The van der Waals surface area contributed by atoms with Gasteiger partial charge in [-0.1, -0.05) is 31.6 Å². The third-order valence-electron chi connectivity index (χ3n) is 7.38. The van der Waals surface area contributed by atoms with Gasteiger partial charge in [0, 0.05) is 12.6 Å². The van der Waals surface area contributed by atoms with E-state index in [0.29, 0.717) is 36.1 Å². The zero-order chi connectivity index (χ0) is 25.9. The molecule has 1 fully saturated rings. The molecule has 6 nitrogen and oxygen atoms in total. The van der Waals surface area contributed by atoms with Crippen molar-refractivity contribution in [3.63, 3.8) is 0 Å². The van der Waals surface area contributed by atoms with Crippen LogP contribution in [0.4, 0.5) is 0 Å². The summed E-state index contributed by atoms with van der Waals surface area (Å²) in [5, 5.41) is 3.26. The highest BCUT2D eigenvalue weighted by Gasteiger charge is 2.33. The minimum atomic E-state index is -0.783. The minimum Gasteiger partial charge on any atom is -0.493 e. The van der Waals surface area contributed by atoms with E-state index >= 15 is 0 Å². The Balaban J connectivity index is 1.91. The Kier molecular flexibility index (Phi) is 11.4. The fourth-order valence-corrected chi connectivity index (χ4v) is 5.37. The topological polar surface area (TPSA) is 67.9 Å². The molecule has 0 aliphatic heterocycles. The lowest BCUT2D eigenvalue weighted by Crippen LogP contribution is -2.48. The number of hydrogen-bond acceptors (Lipinski definition) is 4. The highest BCUT2D eigenvalue weighted by molar-refractivity contribution is 6.27. The van der Waals surface area contributed by atoms with E-state index in [1.807, 2.05) is 25.1 Å². The number of benzene rings is 1. The van der Waals surface area contributed by atoms with Crippen molar-refractivity contribution < 1.29 is 19.1 Å². The first-order valence-corrected chi connectivity index (χ1v) is 14.1. The van der Waals surface area contributed by atoms with Crippen molar-refractivity contribution in [1.82, 2.24) is 10.2 Å². The lowest BCUT2D eigenvalue weighted by molar-refractivity contribution is -0.139. The van der Waals surface area contributed by atoms with Crippen molar-refractivity contribution in [2.75, 3.05) is 26.1 Å². The number of rotatable bonds is 12. The van der Waals surface area contributed by atoms with Crippen molar-refractivity contribution in [1.29, 1.82) is 0 Å². The summed E-state index contributed by atoms with van der Waals surface area (Å²) < 4.78 is 11.4. The summed E-state index contributed by atoms with van der Waals surface area (Å²) in [6, 6.07) is 4.87. The lowest BCUT2D eigenvalue weighted by atomic mass is 9.87. The molecule has 0 saturated heterocycles. The molecule has 2 aliphatic rings. The maximum atomic E-state index is 13.8. The second kappa shape index (κ2) is 14.5. The maximum Gasteiger partial charge on any atom is 0.247 e. The van der Waals surface area contributed by atoms with Gasteiger partial charge in [0.15, 0.2) is 11.5 Å². The Morgan fingerprint density at radius 2 is 1.94 bits per heavy atom. The van der Waals surface area contributed by atoms with Gasteiger partial charge in [0.2, 0.25) is 11.8 Å². The molecular formula is C29H43ClN2O4. The van der Waals surface area contributed by atoms with E-state index in [0.717, 1.165) is 51.4 Å². The molecule has 200 valence electrons. The summed E-state index contributed by atoms with van der Waals surface area (Å²) in [7, 11) is 1.59. The smallest absolute Gasteiger partial charge is 0.247 e. The lowest BCUT2D eigenvalue weighted by Gasteiger charge is -2.34. The average Bonchev–Trinajstić information content (AvgIpc) is 2.91. The zero-order valence-corrected chi connectivity index (χ0v) is 22.9. The van der Waals surface area contributed by atoms with E-state index in [9.17, 15) is 9.59 Å². The number of ether oxygens (including phenoxy) is 2. The second-order valence-corrected chi connectivity index (χ2v) is 10.5. The first-order valence-electron chi connectivity index (χ1n) is 13.6. The van der Waals surface area contributed by atoms with Gasteiger partial charge in [0.05, 0.1) is 13.7 Å². The molecule has 7 heteroatoms. The Morgan fingerprint density at radius 3 is 2.58 bits per heavy atom. The van der Waals surface area contributed by atoms with E-state index < -0.39 is 6.04 Å². The minimum absolute atomic E-state index is 0.124. The second-order valence-electron chi connectivity index (χ2n) is 10.2. The number of carbonyl (C=O) groups excluding carboxylic acids is 2. The number of nitrogens with zero attached hydrogens (tertiary/aromatic N) is 1. The summed E-state index contributed by atoms with van der Waals surface area (Å²) >= 11 is 6.07. The number of halogens is 1. The van der Waals surface area contributed by atoms with E-state index in [4.69, 9.17) is 21.1 Å². The number of alkyl halides is 1. The molecule has 0 unspecified atom stereocenters. The van der Waals surface area contributed by atoms with Crippen LogP contribution in [0.2, 0.25) is 0 Å². The van der Waals surface area contributed by atoms with Gasteiger partial charge in [-0.3, -0.25) is 9.59 Å². The van der Waals surface area contributed by atoms with Gasteiger partial charge in [-0.05, 0) is 87.8 Å². The van der Waals surface area contributed by atoms with Crippen molar-refractivity contribution in [3.05, 3.63) is 35.4 Å². The Morgan fingerprint density at radius 1 is 1.17 bits per heavy atom. The monoisotopic (exact) mass is 518 g/mol. The predicted octanol–water partition coefficient (Wildman–Crippen LogP) is 6.18. The summed E-state index contributed by atoms with van der Waals surface area (Å²) in [5.41, 5.74) is 2.06.